The molecule has 3 nitrogen and oxygen atoms in total. The van der Waals surface area contributed by atoms with E-state index in [0.29, 0.717) is 0 Å². The first-order valence-corrected chi connectivity index (χ1v) is 6.34. The SMILES string of the molecule is Ic1ccc(-c2nnc(I)s2)nc1. The van der Waals surface area contributed by atoms with E-state index in [1.54, 1.807) is 11.3 Å². The van der Waals surface area contributed by atoms with Crippen molar-refractivity contribution in [3.05, 3.63) is 24.9 Å². The van der Waals surface area contributed by atoms with Gasteiger partial charge in [0, 0.05) is 9.77 Å². The van der Waals surface area contributed by atoms with E-state index in [4.69, 9.17) is 0 Å². The van der Waals surface area contributed by atoms with Crippen molar-refractivity contribution in [3.8, 4) is 10.7 Å². The fourth-order valence-electron chi connectivity index (χ4n) is 0.811. The van der Waals surface area contributed by atoms with Crippen molar-refractivity contribution in [3.63, 3.8) is 0 Å². The third kappa shape index (κ3) is 2.34. The Labute approximate surface area is 106 Å². The summed E-state index contributed by atoms with van der Waals surface area (Å²) in [5, 5.41) is 8.82. The summed E-state index contributed by atoms with van der Waals surface area (Å²) in [7, 11) is 0. The van der Waals surface area contributed by atoms with Crippen molar-refractivity contribution in [1.82, 2.24) is 15.2 Å². The molecule has 0 bridgehead atoms. The molecule has 0 aliphatic heterocycles. The molecule has 13 heavy (non-hydrogen) atoms. The number of rotatable bonds is 1. The topological polar surface area (TPSA) is 38.7 Å². The molecule has 66 valence electrons. The molecule has 0 aliphatic carbocycles. The normalized spacial score (nSPS) is 10.3. The second kappa shape index (κ2) is 4.13. The summed E-state index contributed by atoms with van der Waals surface area (Å²) in [6.07, 6.45) is 1.82. The molecule has 2 aromatic rings. The number of nitrogens with zero attached hydrogens (tertiary/aromatic N) is 3. The van der Waals surface area contributed by atoms with Gasteiger partial charge >= 0.3 is 0 Å². The van der Waals surface area contributed by atoms with Gasteiger partial charge in [-0.05, 0) is 57.3 Å². The third-order valence-electron chi connectivity index (χ3n) is 1.35. The van der Waals surface area contributed by atoms with Crippen LogP contribution in [-0.4, -0.2) is 15.2 Å². The van der Waals surface area contributed by atoms with E-state index in [2.05, 4.69) is 60.4 Å². The zero-order chi connectivity index (χ0) is 9.26. The molecule has 2 heterocycles. The molecule has 0 aromatic carbocycles. The molecular weight excluding hydrogens is 412 g/mol. The second-order valence-electron chi connectivity index (χ2n) is 2.22. The van der Waals surface area contributed by atoms with Crippen LogP contribution in [0.3, 0.4) is 0 Å². The van der Waals surface area contributed by atoms with Gasteiger partial charge in [-0.25, -0.2) is 0 Å². The summed E-state index contributed by atoms with van der Waals surface area (Å²) in [6.45, 7) is 0. The Bertz CT molecular complexity index is 412. The van der Waals surface area contributed by atoms with Gasteiger partial charge in [0.25, 0.3) is 0 Å². The molecule has 0 radical (unpaired) electrons. The lowest BCUT2D eigenvalue weighted by Gasteiger charge is -1.92. The molecule has 0 N–H and O–H groups in total. The van der Waals surface area contributed by atoms with Crippen molar-refractivity contribution >= 4 is 56.5 Å². The molecule has 0 aliphatic rings. The fraction of sp³-hybridized carbons (Fsp3) is 0. The quantitative estimate of drug-likeness (QED) is 0.673. The zero-order valence-corrected chi connectivity index (χ0v) is 11.4. The van der Waals surface area contributed by atoms with Crippen molar-refractivity contribution in [2.24, 2.45) is 0 Å². The van der Waals surface area contributed by atoms with E-state index in [1.165, 1.54) is 0 Å². The van der Waals surface area contributed by atoms with Gasteiger partial charge in [0.1, 0.15) is 5.69 Å². The van der Waals surface area contributed by atoms with Gasteiger partial charge in [-0.15, -0.1) is 10.2 Å². The average Bonchev–Trinajstić information content (AvgIpc) is 2.53. The minimum absolute atomic E-state index is 0.876. The lowest BCUT2D eigenvalue weighted by atomic mass is 10.4. The molecule has 2 aromatic heterocycles. The Hall–Kier alpha value is 0.170. The minimum Gasteiger partial charge on any atom is -0.253 e. The Kier molecular flexibility index (Phi) is 3.09. The summed E-state index contributed by atoms with van der Waals surface area (Å²) in [4.78, 5) is 4.26. The van der Waals surface area contributed by atoms with Gasteiger partial charge < -0.3 is 0 Å². The molecule has 0 unspecified atom stereocenters. The first-order valence-electron chi connectivity index (χ1n) is 3.36. The highest BCUT2D eigenvalue weighted by Gasteiger charge is 2.04. The van der Waals surface area contributed by atoms with Gasteiger partial charge in [-0.3, -0.25) is 4.98 Å². The van der Waals surface area contributed by atoms with Crippen molar-refractivity contribution in [1.29, 1.82) is 0 Å². The standard InChI is InChI=1S/C7H3I2N3S/c8-4-1-2-5(10-3-4)6-11-12-7(9)13-6/h1-3H. The van der Waals surface area contributed by atoms with Gasteiger partial charge in [0.05, 0.1) is 0 Å². The van der Waals surface area contributed by atoms with E-state index in [-0.39, 0.29) is 0 Å². The molecule has 0 spiro atoms. The lowest BCUT2D eigenvalue weighted by Crippen LogP contribution is -1.82. The number of hydrogen-bond donors (Lipinski definition) is 0. The predicted molar refractivity (Wildman–Crippen MR) is 68.6 cm³/mol. The van der Waals surface area contributed by atoms with Crippen LogP contribution in [0.1, 0.15) is 0 Å². The summed E-state index contributed by atoms with van der Waals surface area (Å²) in [5.41, 5.74) is 0.890. The molecule has 0 amide bonds. The van der Waals surface area contributed by atoms with Crippen LogP contribution in [0.2, 0.25) is 0 Å². The van der Waals surface area contributed by atoms with E-state index in [0.717, 1.165) is 17.3 Å². The zero-order valence-electron chi connectivity index (χ0n) is 6.24. The van der Waals surface area contributed by atoms with Crippen LogP contribution < -0.4 is 0 Å². The van der Waals surface area contributed by atoms with Crippen LogP contribution in [0.5, 0.6) is 0 Å². The molecular formula is C7H3I2N3S. The van der Waals surface area contributed by atoms with E-state index in [1.807, 2.05) is 18.3 Å². The Balaban J connectivity index is 2.41. The average molecular weight is 415 g/mol. The van der Waals surface area contributed by atoms with Gasteiger partial charge in [-0.2, -0.15) is 0 Å². The Morgan fingerprint density at radius 1 is 1.15 bits per heavy atom. The van der Waals surface area contributed by atoms with E-state index in [9.17, 15) is 0 Å². The first-order chi connectivity index (χ1) is 6.25. The summed E-state index contributed by atoms with van der Waals surface area (Å²) >= 11 is 5.92. The van der Waals surface area contributed by atoms with Crippen molar-refractivity contribution in [2.45, 2.75) is 0 Å². The summed E-state index contributed by atoms with van der Waals surface area (Å²) in [5.74, 6) is 0. The Morgan fingerprint density at radius 2 is 2.00 bits per heavy atom. The van der Waals surface area contributed by atoms with Crippen LogP contribution in [0.25, 0.3) is 10.7 Å². The first kappa shape index (κ1) is 9.71. The molecule has 6 heteroatoms. The number of halogens is 2. The van der Waals surface area contributed by atoms with Crippen LogP contribution in [0.15, 0.2) is 18.3 Å². The van der Waals surface area contributed by atoms with E-state index >= 15 is 0 Å². The highest BCUT2D eigenvalue weighted by Crippen LogP contribution is 2.22. The van der Waals surface area contributed by atoms with Crippen molar-refractivity contribution in [2.75, 3.05) is 0 Å². The Morgan fingerprint density at radius 3 is 2.54 bits per heavy atom. The second-order valence-corrected chi connectivity index (χ2v) is 6.20. The minimum atomic E-state index is 0.876. The third-order valence-corrected chi connectivity index (χ3v) is 3.60. The maximum absolute atomic E-state index is 4.26. The summed E-state index contributed by atoms with van der Waals surface area (Å²) in [6, 6.07) is 3.97. The van der Waals surface area contributed by atoms with Crippen LogP contribution in [0, 0.1) is 6.58 Å². The number of pyridine rings is 1. The molecule has 0 saturated heterocycles. The number of hydrogen-bond acceptors (Lipinski definition) is 4. The molecule has 0 saturated carbocycles. The highest BCUT2D eigenvalue weighted by atomic mass is 127. The maximum atomic E-state index is 4.26. The van der Waals surface area contributed by atoms with Gasteiger partial charge in [0.2, 0.25) is 0 Å². The van der Waals surface area contributed by atoms with Crippen molar-refractivity contribution < 1.29 is 0 Å². The summed E-state index contributed by atoms with van der Waals surface area (Å²) < 4.78 is 2.06. The molecule has 0 atom stereocenters. The predicted octanol–water partition coefficient (Wildman–Crippen LogP) is 2.81. The van der Waals surface area contributed by atoms with Gasteiger partial charge in [-0.1, -0.05) is 11.3 Å². The fourth-order valence-corrected chi connectivity index (χ4v) is 2.41. The molecule has 0 fully saturated rings. The van der Waals surface area contributed by atoms with Crippen LogP contribution in [-0.2, 0) is 0 Å². The highest BCUT2D eigenvalue weighted by molar-refractivity contribution is 14.1. The molecule has 2 rings (SSSR count). The number of aromatic nitrogens is 3. The monoisotopic (exact) mass is 415 g/mol. The van der Waals surface area contributed by atoms with Gasteiger partial charge in [0.15, 0.2) is 8.02 Å². The smallest absolute Gasteiger partial charge is 0.178 e. The maximum Gasteiger partial charge on any atom is 0.178 e. The van der Waals surface area contributed by atoms with E-state index < -0.39 is 0 Å². The lowest BCUT2D eigenvalue weighted by molar-refractivity contribution is 1.06. The largest absolute Gasteiger partial charge is 0.253 e. The van der Waals surface area contributed by atoms with Crippen LogP contribution in [0.4, 0.5) is 0 Å². The van der Waals surface area contributed by atoms with Crippen LogP contribution >= 0.6 is 56.5 Å².